The highest BCUT2D eigenvalue weighted by atomic mass is 16.5. The van der Waals surface area contributed by atoms with Crippen LogP contribution < -0.4 is 4.90 Å². The van der Waals surface area contributed by atoms with Gasteiger partial charge >= 0.3 is 0 Å². The van der Waals surface area contributed by atoms with Crippen LogP contribution >= 0.6 is 0 Å². The minimum absolute atomic E-state index is 0.238. The van der Waals surface area contributed by atoms with E-state index < -0.39 is 0 Å². The van der Waals surface area contributed by atoms with Gasteiger partial charge in [0.15, 0.2) is 0 Å². The molecule has 0 saturated carbocycles. The summed E-state index contributed by atoms with van der Waals surface area (Å²) in [4.78, 5) is 18.8. The van der Waals surface area contributed by atoms with Crippen molar-refractivity contribution in [3.05, 3.63) is 78.6 Å². The molecule has 2 fully saturated rings. The van der Waals surface area contributed by atoms with Gasteiger partial charge < -0.3 is 14.4 Å². The smallest absolute Gasteiger partial charge is 0.133 e. The Kier molecular flexibility index (Phi) is 7.90. The van der Waals surface area contributed by atoms with Crippen molar-refractivity contribution < 1.29 is 9.47 Å². The first-order chi connectivity index (χ1) is 19.3. The fraction of sp³-hybridized carbons (Fsp3) is 0.400. The first-order valence-electron chi connectivity index (χ1n) is 13.7. The van der Waals surface area contributed by atoms with Gasteiger partial charge in [0.1, 0.15) is 11.5 Å². The molecule has 0 bridgehead atoms. The van der Waals surface area contributed by atoms with Crippen LogP contribution in [0.15, 0.2) is 67.3 Å². The molecule has 3 aromatic heterocycles. The molecule has 1 aromatic carbocycles. The highest BCUT2D eigenvalue weighted by Crippen LogP contribution is 2.32. The summed E-state index contributed by atoms with van der Waals surface area (Å²) in [5, 5.41) is 4.95. The third-order valence-electron chi connectivity index (χ3n) is 7.58. The predicted molar refractivity (Wildman–Crippen MR) is 151 cm³/mol. The van der Waals surface area contributed by atoms with Crippen molar-refractivity contribution in [2.24, 2.45) is 0 Å². The molecule has 2 saturated heterocycles. The zero-order valence-corrected chi connectivity index (χ0v) is 22.4. The zero-order valence-electron chi connectivity index (χ0n) is 22.4. The summed E-state index contributed by atoms with van der Waals surface area (Å²) in [6.45, 7) is 7.45. The Morgan fingerprint density at radius 1 is 1.03 bits per heavy atom. The number of hydrogen-bond donors (Lipinski definition) is 0. The molecule has 202 valence electrons. The molecule has 0 aliphatic carbocycles. The molecule has 2 aliphatic rings. The number of aromatic nitrogens is 5. The van der Waals surface area contributed by atoms with E-state index in [9.17, 15) is 0 Å². The molecule has 9 nitrogen and oxygen atoms in total. The van der Waals surface area contributed by atoms with Gasteiger partial charge in [-0.15, -0.1) is 0 Å². The van der Waals surface area contributed by atoms with Gasteiger partial charge in [-0.25, -0.2) is 9.97 Å². The Morgan fingerprint density at radius 3 is 2.64 bits per heavy atom. The number of methoxy groups -OCH3 is 1. The molecular formula is C30H35N7O2. The molecular weight excluding hydrogens is 490 g/mol. The fourth-order valence-electron chi connectivity index (χ4n) is 5.30. The molecule has 1 unspecified atom stereocenters. The minimum Gasteiger partial charge on any atom is -0.383 e. The molecule has 0 radical (unpaired) electrons. The van der Waals surface area contributed by atoms with Crippen LogP contribution in [0.25, 0.3) is 22.5 Å². The minimum atomic E-state index is 0.238. The molecule has 0 N–H and O–H groups in total. The maximum absolute atomic E-state index is 5.61. The van der Waals surface area contributed by atoms with Crippen molar-refractivity contribution >= 4 is 5.69 Å². The van der Waals surface area contributed by atoms with E-state index in [0.29, 0.717) is 13.0 Å². The number of piperazine rings is 1. The second kappa shape index (κ2) is 12.0. The lowest BCUT2D eigenvalue weighted by molar-refractivity contribution is 0.144. The first-order valence-corrected chi connectivity index (χ1v) is 13.7. The Morgan fingerprint density at radius 2 is 1.90 bits per heavy atom. The van der Waals surface area contributed by atoms with E-state index in [1.54, 1.807) is 13.3 Å². The molecule has 9 heteroatoms. The maximum atomic E-state index is 5.61. The lowest BCUT2D eigenvalue weighted by Gasteiger charge is -2.36. The largest absolute Gasteiger partial charge is 0.383 e. The fourth-order valence-corrected chi connectivity index (χ4v) is 5.30. The molecule has 5 heterocycles. The van der Waals surface area contributed by atoms with E-state index in [1.165, 1.54) is 11.3 Å². The molecule has 1 atom stereocenters. The molecule has 4 aromatic rings. The van der Waals surface area contributed by atoms with Crippen molar-refractivity contribution in [1.29, 1.82) is 0 Å². The zero-order chi connectivity index (χ0) is 26.4. The van der Waals surface area contributed by atoms with Crippen molar-refractivity contribution in [2.75, 3.05) is 64.6 Å². The van der Waals surface area contributed by atoms with Crippen molar-refractivity contribution in [3.63, 3.8) is 0 Å². The van der Waals surface area contributed by atoms with Crippen LogP contribution in [0.4, 0.5) is 5.69 Å². The van der Waals surface area contributed by atoms with Crippen LogP contribution in [0.5, 0.6) is 0 Å². The first kappa shape index (κ1) is 25.6. The lowest BCUT2D eigenvalue weighted by Crippen LogP contribution is -2.47. The van der Waals surface area contributed by atoms with Gasteiger partial charge in [0.05, 0.1) is 24.9 Å². The summed E-state index contributed by atoms with van der Waals surface area (Å²) in [5.74, 6) is 0.793. The Hall–Kier alpha value is -3.66. The van der Waals surface area contributed by atoms with Crippen LogP contribution in [-0.2, 0) is 15.9 Å². The highest BCUT2D eigenvalue weighted by molar-refractivity contribution is 5.78. The summed E-state index contributed by atoms with van der Waals surface area (Å²) in [6.07, 6.45) is 9.20. The third kappa shape index (κ3) is 6.00. The van der Waals surface area contributed by atoms with E-state index in [0.717, 1.165) is 80.7 Å². The summed E-state index contributed by atoms with van der Waals surface area (Å²) in [7, 11) is 1.76. The number of anilines is 1. The quantitative estimate of drug-likeness (QED) is 0.327. The number of rotatable bonds is 9. The van der Waals surface area contributed by atoms with Gasteiger partial charge in [0.25, 0.3) is 0 Å². The van der Waals surface area contributed by atoms with Gasteiger partial charge in [-0.1, -0.05) is 12.1 Å². The second-order valence-electron chi connectivity index (χ2n) is 10.2. The molecule has 6 rings (SSSR count). The average Bonchev–Trinajstić information content (AvgIpc) is 3.68. The highest BCUT2D eigenvalue weighted by Gasteiger charge is 2.23. The Labute approximate surface area is 229 Å². The van der Waals surface area contributed by atoms with Crippen LogP contribution in [0.1, 0.15) is 23.9 Å². The second-order valence-corrected chi connectivity index (χ2v) is 10.2. The van der Waals surface area contributed by atoms with E-state index >= 15 is 0 Å². The third-order valence-corrected chi connectivity index (χ3v) is 7.58. The summed E-state index contributed by atoms with van der Waals surface area (Å²) in [6, 6.07) is 15.0. The van der Waals surface area contributed by atoms with E-state index in [2.05, 4.69) is 50.2 Å². The lowest BCUT2D eigenvalue weighted by atomic mass is 10.1. The number of ether oxygens (including phenoxy) is 2. The predicted octanol–water partition coefficient (Wildman–Crippen LogP) is 3.72. The summed E-state index contributed by atoms with van der Waals surface area (Å²) in [5.41, 5.74) is 6.17. The Balaban J connectivity index is 1.18. The summed E-state index contributed by atoms with van der Waals surface area (Å²) < 4.78 is 12.9. The van der Waals surface area contributed by atoms with Gasteiger partial charge in [-0.3, -0.25) is 14.6 Å². The van der Waals surface area contributed by atoms with Gasteiger partial charge in [-0.05, 0) is 42.3 Å². The van der Waals surface area contributed by atoms with Gasteiger partial charge in [-0.2, -0.15) is 5.10 Å². The van der Waals surface area contributed by atoms with E-state index in [-0.39, 0.29) is 6.04 Å². The van der Waals surface area contributed by atoms with E-state index in [1.807, 2.05) is 35.3 Å². The topological polar surface area (TPSA) is 81.4 Å². The SMILES string of the molecule is COCCN1CCN(c2ccc(Cc3nccc(-c4cn(C5CCOC5)nc4-c4cccnc4)n3)cc2)CC1. The van der Waals surface area contributed by atoms with Crippen LogP contribution in [0, 0.1) is 0 Å². The van der Waals surface area contributed by atoms with Crippen molar-refractivity contribution in [3.8, 4) is 22.5 Å². The molecule has 2 aliphatic heterocycles. The maximum Gasteiger partial charge on any atom is 0.133 e. The van der Waals surface area contributed by atoms with Crippen LogP contribution in [-0.4, -0.2) is 89.3 Å². The number of pyridine rings is 1. The monoisotopic (exact) mass is 525 g/mol. The number of hydrogen-bond acceptors (Lipinski definition) is 8. The molecule has 39 heavy (non-hydrogen) atoms. The standard InChI is InChI=1S/C30H35N7O2/c1-38-18-16-35-12-14-36(15-13-35)25-6-4-23(5-7-25)19-29-32-11-8-28(33-29)27-21-37(26-9-17-39-22-26)34-30(27)24-3-2-10-31-20-24/h2-8,10-11,20-21,26H,9,12-19,22H2,1H3. The van der Waals surface area contributed by atoms with Crippen LogP contribution in [0.3, 0.4) is 0 Å². The normalized spacial score (nSPS) is 18.1. The number of benzene rings is 1. The van der Waals surface area contributed by atoms with Gasteiger partial charge in [0.2, 0.25) is 0 Å². The number of nitrogens with zero attached hydrogens (tertiary/aromatic N) is 7. The molecule has 0 amide bonds. The van der Waals surface area contributed by atoms with Crippen molar-refractivity contribution in [1.82, 2.24) is 29.6 Å². The summed E-state index contributed by atoms with van der Waals surface area (Å²) >= 11 is 0. The van der Waals surface area contributed by atoms with Gasteiger partial charge in [0, 0.05) is 94.5 Å². The molecule has 0 spiro atoms. The Bertz CT molecular complexity index is 1350. The van der Waals surface area contributed by atoms with E-state index in [4.69, 9.17) is 19.6 Å². The van der Waals surface area contributed by atoms with Crippen molar-refractivity contribution in [2.45, 2.75) is 18.9 Å². The van der Waals surface area contributed by atoms with Crippen LogP contribution in [0.2, 0.25) is 0 Å². The average molecular weight is 526 g/mol.